The zero-order valence-electron chi connectivity index (χ0n) is 12.8. The Kier molecular flexibility index (Phi) is 5.39. The lowest BCUT2D eigenvalue weighted by molar-refractivity contribution is -0.148. The molecule has 1 unspecified atom stereocenters. The quantitative estimate of drug-likeness (QED) is 0.766. The number of carbonyl (C=O) groups excluding carboxylic acids is 2. The van der Waals surface area contributed by atoms with Gasteiger partial charge in [-0.2, -0.15) is 0 Å². The van der Waals surface area contributed by atoms with Crippen LogP contribution in [0.2, 0.25) is 0 Å². The maximum Gasteiger partial charge on any atom is 0.408 e. The normalized spacial score (nSPS) is 19.2. The average Bonchev–Trinajstić information content (AvgIpc) is 2.76. The second-order valence-corrected chi connectivity index (χ2v) is 6.30. The van der Waals surface area contributed by atoms with Crippen molar-refractivity contribution in [2.75, 3.05) is 13.7 Å². The van der Waals surface area contributed by atoms with Crippen molar-refractivity contribution in [3.05, 3.63) is 0 Å². The van der Waals surface area contributed by atoms with Gasteiger partial charge in [0, 0.05) is 6.54 Å². The molecular weight excluding hydrogens is 260 g/mol. The van der Waals surface area contributed by atoms with Crippen LogP contribution in [0.15, 0.2) is 0 Å². The molecule has 116 valence electrons. The molecule has 0 radical (unpaired) electrons. The highest BCUT2D eigenvalue weighted by molar-refractivity contribution is 5.77. The summed E-state index contributed by atoms with van der Waals surface area (Å²) >= 11 is 0. The number of methoxy groups -OCH3 is 1. The fourth-order valence-electron chi connectivity index (χ4n) is 2.76. The van der Waals surface area contributed by atoms with Crippen molar-refractivity contribution in [2.24, 2.45) is 11.7 Å². The van der Waals surface area contributed by atoms with Crippen LogP contribution >= 0.6 is 0 Å². The number of rotatable bonds is 4. The van der Waals surface area contributed by atoms with E-state index >= 15 is 0 Å². The average molecular weight is 286 g/mol. The summed E-state index contributed by atoms with van der Waals surface area (Å²) in [5, 5.41) is 2.87. The molecule has 0 aromatic carbocycles. The number of hydrogen-bond acceptors (Lipinski definition) is 5. The van der Waals surface area contributed by atoms with Crippen molar-refractivity contribution < 1.29 is 19.1 Å². The monoisotopic (exact) mass is 286 g/mol. The van der Waals surface area contributed by atoms with E-state index in [9.17, 15) is 9.59 Å². The van der Waals surface area contributed by atoms with Crippen LogP contribution in [0.4, 0.5) is 4.79 Å². The number of carbonyl (C=O) groups is 2. The van der Waals surface area contributed by atoms with E-state index in [2.05, 4.69) is 5.32 Å². The number of ether oxygens (including phenoxy) is 2. The molecular formula is C14H26N2O4. The van der Waals surface area contributed by atoms with Crippen molar-refractivity contribution in [1.82, 2.24) is 5.32 Å². The summed E-state index contributed by atoms with van der Waals surface area (Å²) in [7, 11) is 1.33. The zero-order chi connectivity index (χ0) is 15.4. The lowest BCUT2D eigenvalue weighted by atomic mass is 9.82. The summed E-state index contributed by atoms with van der Waals surface area (Å²) in [6.07, 6.45) is 2.81. The summed E-state index contributed by atoms with van der Waals surface area (Å²) in [4.78, 5) is 23.9. The smallest absolute Gasteiger partial charge is 0.408 e. The Hall–Kier alpha value is -1.30. The Labute approximate surface area is 120 Å². The molecule has 20 heavy (non-hydrogen) atoms. The first-order valence-corrected chi connectivity index (χ1v) is 7.03. The molecule has 1 rings (SSSR count). The second kappa shape index (κ2) is 6.43. The van der Waals surface area contributed by atoms with E-state index in [0.29, 0.717) is 12.8 Å². The third-order valence-corrected chi connectivity index (χ3v) is 3.63. The third-order valence-electron chi connectivity index (χ3n) is 3.63. The SMILES string of the molecule is COC(=O)C(CN)C1(NC(=O)OC(C)(C)C)CCCC1. The molecule has 0 aliphatic heterocycles. The van der Waals surface area contributed by atoms with Crippen molar-refractivity contribution in [3.63, 3.8) is 0 Å². The first kappa shape index (κ1) is 16.8. The van der Waals surface area contributed by atoms with Crippen LogP contribution in [-0.2, 0) is 14.3 Å². The van der Waals surface area contributed by atoms with Gasteiger partial charge in [0.1, 0.15) is 5.60 Å². The van der Waals surface area contributed by atoms with Crippen LogP contribution in [0.1, 0.15) is 46.5 Å². The predicted octanol–water partition coefficient (Wildman–Crippen LogP) is 1.57. The second-order valence-electron chi connectivity index (χ2n) is 6.30. The molecule has 3 N–H and O–H groups in total. The molecule has 1 atom stereocenters. The molecule has 6 heteroatoms. The third kappa shape index (κ3) is 4.10. The number of esters is 1. The Morgan fingerprint density at radius 1 is 1.30 bits per heavy atom. The fourth-order valence-corrected chi connectivity index (χ4v) is 2.76. The van der Waals surface area contributed by atoms with Crippen LogP contribution in [0, 0.1) is 5.92 Å². The molecule has 1 amide bonds. The van der Waals surface area contributed by atoms with Gasteiger partial charge < -0.3 is 20.5 Å². The maximum atomic E-state index is 12.0. The van der Waals surface area contributed by atoms with Gasteiger partial charge in [-0.15, -0.1) is 0 Å². The van der Waals surface area contributed by atoms with Crippen LogP contribution in [-0.4, -0.2) is 36.9 Å². The number of hydrogen-bond donors (Lipinski definition) is 2. The largest absolute Gasteiger partial charge is 0.469 e. The molecule has 0 aromatic rings. The molecule has 1 saturated carbocycles. The number of nitrogens with one attached hydrogen (secondary N) is 1. The van der Waals surface area contributed by atoms with Gasteiger partial charge in [-0.1, -0.05) is 12.8 Å². The molecule has 1 fully saturated rings. The maximum absolute atomic E-state index is 12.0. The summed E-state index contributed by atoms with van der Waals surface area (Å²) in [6.45, 7) is 5.54. The molecule has 1 aliphatic carbocycles. The van der Waals surface area contributed by atoms with Crippen molar-refractivity contribution in [3.8, 4) is 0 Å². The molecule has 0 heterocycles. The first-order valence-electron chi connectivity index (χ1n) is 7.03. The molecule has 0 aromatic heterocycles. The molecule has 0 saturated heterocycles. The van der Waals surface area contributed by atoms with E-state index < -0.39 is 23.2 Å². The Morgan fingerprint density at radius 2 is 1.85 bits per heavy atom. The van der Waals surface area contributed by atoms with Crippen molar-refractivity contribution in [2.45, 2.75) is 57.6 Å². The van der Waals surface area contributed by atoms with Gasteiger partial charge in [-0.05, 0) is 33.6 Å². The lowest BCUT2D eigenvalue weighted by Crippen LogP contribution is -2.57. The molecule has 0 spiro atoms. The van der Waals surface area contributed by atoms with Gasteiger partial charge in [0.15, 0.2) is 0 Å². The van der Waals surface area contributed by atoms with E-state index in [-0.39, 0.29) is 12.5 Å². The van der Waals surface area contributed by atoms with Gasteiger partial charge in [0.2, 0.25) is 0 Å². The molecule has 0 bridgehead atoms. The van der Waals surface area contributed by atoms with Crippen LogP contribution in [0.3, 0.4) is 0 Å². The number of nitrogens with two attached hydrogens (primary N) is 1. The summed E-state index contributed by atoms with van der Waals surface area (Å²) in [5.74, 6) is -0.923. The minimum Gasteiger partial charge on any atom is -0.469 e. The van der Waals surface area contributed by atoms with E-state index in [1.54, 1.807) is 20.8 Å². The van der Waals surface area contributed by atoms with Crippen LogP contribution in [0.5, 0.6) is 0 Å². The Bertz CT molecular complexity index is 357. The summed E-state index contributed by atoms with van der Waals surface area (Å²) in [6, 6.07) is 0. The highest BCUT2D eigenvalue weighted by Gasteiger charge is 2.46. The van der Waals surface area contributed by atoms with Crippen molar-refractivity contribution in [1.29, 1.82) is 0 Å². The van der Waals surface area contributed by atoms with Crippen LogP contribution in [0.25, 0.3) is 0 Å². The van der Waals surface area contributed by atoms with Gasteiger partial charge in [-0.3, -0.25) is 4.79 Å². The Balaban J connectivity index is 2.86. The molecule has 1 aliphatic rings. The van der Waals surface area contributed by atoms with Gasteiger partial charge in [0.05, 0.1) is 18.6 Å². The highest BCUT2D eigenvalue weighted by atomic mass is 16.6. The lowest BCUT2D eigenvalue weighted by Gasteiger charge is -2.36. The van der Waals surface area contributed by atoms with E-state index in [1.807, 2.05) is 0 Å². The zero-order valence-corrected chi connectivity index (χ0v) is 12.8. The standard InChI is InChI=1S/C14H26N2O4/c1-13(2,3)20-12(18)16-14(7-5-6-8-14)10(9-15)11(17)19-4/h10H,5-9,15H2,1-4H3,(H,16,18). The minimum absolute atomic E-state index is 0.141. The molecule has 6 nitrogen and oxygen atoms in total. The van der Waals surface area contributed by atoms with E-state index in [0.717, 1.165) is 12.8 Å². The van der Waals surface area contributed by atoms with E-state index in [1.165, 1.54) is 7.11 Å². The van der Waals surface area contributed by atoms with Crippen LogP contribution < -0.4 is 11.1 Å². The van der Waals surface area contributed by atoms with Crippen molar-refractivity contribution >= 4 is 12.1 Å². The number of amides is 1. The highest BCUT2D eigenvalue weighted by Crippen LogP contribution is 2.36. The van der Waals surface area contributed by atoms with Gasteiger partial charge in [-0.25, -0.2) is 4.79 Å². The van der Waals surface area contributed by atoms with Gasteiger partial charge in [0.25, 0.3) is 0 Å². The minimum atomic E-state index is -0.649. The van der Waals surface area contributed by atoms with Gasteiger partial charge >= 0.3 is 12.1 Å². The topological polar surface area (TPSA) is 90.6 Å². The summed E-state index contributed by atoms with van der Waals surface area (Å²) in [5.41, 5.74) is 4.50. The van der Waals surface area contributed by atoms with E-state index in [4.69, 9.17) is 15.2 Å². The first-order chi connectivity index (χ1) is 9.24. The predicted molar refractivity (Wildman–Crippen MR) is 75.1 cm³/mol. The number of alkyl carbamates (subject to hydrolysis) is 1. The summed E-state index contributed by atoms with van der Waals surface area (Å²) < 4.78 is 10.1. The fraction of sp³-hybridized carbons (Fsp3) is 0.857. The Morgan fingerprint density at radius 3 is 2.25 bits per heavy atom.